The SMILES string of the molecule is CCC(CC)Oc1ccc2c(c1)N(C(C)C)CN2C(C)C. The van der Waals surface area contributed by atoms with Crippen molar-refractivity contribution in [2.75, 3.05) is 16.5 Å². The van der Waals surface area contributed by atoms with Gasteiger partial charge in [0.25, 0.3) is 0 Å². The minimum atomic E-state index is 0.318. The molecule has 1 aliphatic rings. The summed E-state index contributed by atoms with van der Waals surface area (Å²) in [6.45, 7) is 14.3. The highest BCUT2D eigenvalue weighted by atomic mass is 16.5. The lowest BCUT2D eigenvalue weighted by molar-refractivity contribution is 0.193. The molecule has 0 saturated carbocycles. The average molecular weight is 290 g/mol. The van der Waals surface area contributed by atoms with Crippen LogP contribution in [0.2, 0.25) is 0 Å². The third kappa shape index (κ3) is 3.28. The first-order valence-corrected chi connectivity index (χ1v) is 8.31. The molecular weight excluding hydrogens is 260 g/mol. The number of hydrogen-bond acceptors (Lipinski definition) is 3. The molecule has 0 spiro atoms. The number of benzene rings is 1. The quantitative estimate of drug-likeness (QED) is 0.758. The summed E-state index contributed by atoms with van der Waals surface area (Å²) in [4.78, 5) is 4.91. The highest BCUT2D eigenvalue weighted by molar-refractivity contribution is 5.78. The summed E-state index contributed by atoms with van der Waals surface area (Å²) in [6.07, 6.45) is 2.43. The maximum atomic E-state index is 6.12. The van der Waals surface area contributed by atoms with E-state index in [0.29, 0.717) is 18.2 Å². The Hall–Kier alpha value is -1.38. The normalized spacial score (nSPS) is 14.5. The van der Waals surface area contributed by atoms with E-state index in [9.17, 15) is 0 Å². The molecule has 2 rings (SSSR count). The lowest BCUT2D eigenvalue weighted by Gasteiger charge is -2.27. The first-order chi connectivity index (χ1) is 9.97. The zero-order valence-corrected chi connectivity index (χ0v) is 14.4. The Labute approximate surface area is 129 Å². The fourth-order valence-corrected chi connectivity index (χ4v) is 2.90. The van der Waals surface area contributed by atoms with Crippen LogP contribution in [0, 0.1) is 0 Å². The summed E-state index contributed by atoms with van der Waals surface area (Å²) in [5, 5.41) is 0. The Morgan fingerprint density at radius 3 is 2.05 bits per heavy atom. The van der Waals surface area contributed by atoms with Gasteiger partial charge in [-0.3, -0.25) is 0 Å². The van der Waals surface area contributed by atoms with Gasteiger partial charge in [0, 0.05) is 18.2 Å². The molecule has 118 valence electrons. The number of ether oxygens (including phenoxy) is 1. The molecule has 0 fully saturated rings. The molecule has 0 aliphatic carbocycles. The van der Waals surface area contributed by atoms with Crippen LogP contribution in [0.15, 0.2) is 18.2 Å². The van der Waals surface area contributed by atoms with Gasteiger partial charge in [0.2, 0.25) is 0 Å². The maximum absolute atomic E-state index is 6.12. The highest BCUT2D eigenvalue weighted by Crippen LogP contribution is 2.40. The Balaban J connectivity index is 2.30. The van der Waals surface area contributed by atoms with E-state index in [0.717, 1.165) is 25.3 Å². The largest absolute Gasteiger partial charge is 0.490 e. The van der Waals surface area contributed by atoms with Gasteiger partial charge in [-0.1, -0.05) is 13.8 Å². The van der Waals surface area contributed by atoms with E-state index in [2.05, 4.69) is 69.5 Å². The monoisotopic (exact) mass is 290 g/mol. The second-order valence-corrected chi connectivity index (χ2v) is 6.48. The number of rotatable bonds is 6. The summed E-state index contributed by atoms with van der Waals surface area (Å²) >= 11 is 0. The van der Waals surface area contributed by atoms with Crippen molar-refractivity contribution in [2.45, 2.75) is 72.6 Å². The molecule has 3 heteroatoms. The summed E-state index contributed by atoms with van der Waals surface area (Å²) < 4.78 is 6.12. The van der Waals surface area contributed by atoms with Gasteiger partial charge in [0.15, 0.2) is 0 Å². The summed E-state index contributed by atoms with van der Waals surface area (Å²) in [7, 11) is 0. The minimum Gasteiger partial charge on any atom is -0.490 e. The lowest BCUT2D eigenvalue weighted by Crippen LogP contribution is -2.38. The van der Waals surface area contributed by atoms with Gasteiger partial charge in [-0.15, -0.1) is 0 Å². The van der Waals surface area contributed by atoms with Crippen molar-refractivity contribution in [3.8, 4) is 5.75 Å². The molecule has 0 bridgehead atoms. The third-order valence-electron chi connectivity index (χ3n) is 4.33. The topological polar surface area (TPSA) is 15.7 Å². The molecular formula is C18H30N2O. The number of hydrogen-bond donors (Lipinski definition) is 0. The van der Waals surface area contributed by atoms with Gasteiger partial charge in [0.1, 0.15) is 5.75 Å². The van der Waals surface area contributed by atoms with Gasteiger partial charge in [-0.05, 0) is 52.7 Å². The number of fused-ring (bicyclic) bond motifs is 1. The van der Waals surface area contributed by atoms with Crippen LogP contribution < -0.4 is 14.5 Å². The zero-order valence-electron chi connectivity index (χ0n) is 14.4. The molecule has 0 atom stereocenters. The standard InChI is InChI=1S/C18H30N2O/c1-7-15(8-2)21-16-9-10-17-18(11-16)20(14(5)6)12-19(17)13(3)4/h9-11,13-15H,7-8,12H2,1-6H3. The van der Waals surface area contributed by atoms with Gasteiger partial charge < -0.3 is 14.5 Å². The van der Waals surface area contributed by atoms with Crippen molar-refractivity contribution < 1.29 is 4.74 Å². The highest BCUT2D eigenvalue weighted by Gasteiger charge is 2.29. The van der Waals surface area contributed by atoms with Crippen molar-refractivity contribution in [3.05, 3.63) is 18.2 Å². The van der Waals surface area contributed by atoms with E-state index < -0.39 is 0 Å². The predicted octanol–water partition coefficient (Wildman–Crippen LogP) is 4.65. The van der Waals surface area contributed by atoms with Gasteiger partial charge in [-0.25, -0.2) is 0 Å². The van der Waals surface area contributed by atoms with Gasteiger partial charge in [0.05, 0.1) is 24.1 Å². The van der Waals surface area contributed by atoms with Crippen LogP contribution in [0.3, 0.4) is 0 Å². The molecule has 1 aromatic carbocycles. The summed E-state index contributed by atoms with van der Waals surface area (Å²) in [6, 6.07) is 7.57. The molecule has 1 aromatic rings. The molecule has 0 aromatic heterocycles. The molecule has 3 nitrogen and oxygen atoms in total. The van der Waals surface area contributed by atoms with Crippen molar-refractivity contribution in [1.82, 2.24) is 0 Å². The minimum absolute atomic E-state index is 0.318. The second kappa shape index (κ2) is 6.59. The first kappa shape index (κ1) is 16.0. The van der Waals surface area contributed by atoms with E-state index >= 15 is 0 Å². The van der Waals surface area contributed by atoms with Crippen LogP contribution >= 0.6 is 0 Å². The summed E-state index contributed by atoms with van der Waals surface area (Å²) in [5.41, 5.74) is 2.64. The molecule has 0 radical (unpaired) electrons. The molecule has 0 N–H and O–H groups in total. The zero-order chi connectivity index (χ0) is 15.6. The molecule has 21 heavy (non-hydrogen) atoms. The van der Waals surface area contributed by atoms with E-state index in [-0.39, 0.29) is 0 Å². The Kier molecular flexibility index (Phi) is 5.02. The Morgan fingerprint density at radius 2 is 1.52 bits per heavy atom. The van der Waals surface area contributed by atoms with Crippen molar-refractivity contribution in [1.29, 1.82) is 0 Å². The summed E-state index contributed by atoms with van der Waals surface area (Å²) in [5.74, 6) is 0.999. The van der Waals surface area contributed by atoms with Crippen LogP contribution in [0.25, 0.3) is 0 Å². The first-order valence-electron chi connectivity index (χ1n) is 8.31. The van der Waals surface area contributed by atoms with E-state index in [4.69, 9.17) is 4.74 Å². The van der Waals surface area contributed by atoms with Crippen LogP contribution in [0.5, 0.6) is 5.75 Å². The van der Waals surface area contributed by atoms with Crippen LogP contribution in [0.4, 0.5) is 11.4 Å². The number of anilines is 2. The average Bonchev–Trinajstić information content (AvgIpc) is 2.83. The molecule has 0 amide bonds. The van der Waals surface area contributed by atoms with E-state index in [1.807, 2.05) is 0 Å². The van der Waals surface area contributed by atoms with Crippen LogP contribution in [-0.2, 0) is 0 Å². The van der Waals surface area contributed by atoms with Crippen molar-refractivity contribution >= 4 is 11.4 Å². The third-order valence-corrected chi connectivity index (χ3v) is 4.33. The fraction of sp³-hybridized carbons (Fsp3) is 0.667. The van der Waals surface area contributed by atoms with Gasteiger partial charge >= 0.3 is 0 Å². The molecule has 0 unspecified atom stereocenters. The fourth-order valence-electron chi connectivity index (χ4n) is 2.90. The molecule has 0 saturated heterocycles. The van der Waals surface area contributed by atoms with Gasteiger partial charge in [-0.2, -0.15) is 0 Å². The van der Waals surface area contributed by atoms with E-state index in [1.165, 1.54) is 11.4 Å². The Morgan fingerprint density at radius 1 is 0.952 bits per heavy atom. The molecule has 1 heterocycles. The lowest BCUT2D eigenvalue weighted by atomic mass is 10.2. The smallest absolute Gasteiger partial charge is 0.121 e. The van der Waals surface area contributed by atoms with Crippen molar-refractivity contribution in [2.24, 2.45) is 0 Å². The van der Waals surface area contributed by atoms with Crippen molar-refractivity contribution in [3.63, 3.8) is 0 Å². The predicted molar refractivity (Wildman–Crippen MR) is 91.5 cm³/mol. The van der Waals surface area contributed by atoms with E-state index in [1.54, 1.807) is 0 Å². The molecule has 1 aliphatic heterocycles. The number of nitrogens with zero attached hydrogens (tertiary/aromatic N) is 2. The second-order valence-electron chi connectivity index (χ2n) is 6.48. The van der Waals surface area contributed by atoms with Crippen LogP contribution in [0.1, 0.15) is 54.4 Å². The maximum Gasteiger partial charge on any atom is 0.121 e. The Bertz CT molecular complexity index is 466. The van der Waals surface area contributed by atoms with Crippen LogP contribution in [-0.4, -0.2) is 24.9 Å².